The van der Waals surface area contributed by atoms with E-state index >= 15 is 0 Å². The van der Waals surface area contributed by atoms with Crippen molar-refractivity contribution in [2.45, 2.75) is 25.3 Å². The second-order valence-corrected chi connectivity index (χ2v) is 5.20. The van der Waals surface area contributed by atoms with Crippen molar-refractivity contribution >= 4 is 5.91 Å². The molecule has 1 aromatic rings. The number of ether oxygens (including phenoxy) is 1. The van der Waals surface area contributed by atoms with Crippen LogP contribution in [-0.2, 0) is 16.6 Å². The molecule has 2 aliphatic heterocycles. The third-order valence-electron chi connectivity index (χ3n) is 3.92. The molecule has 1 amide bonds. The molecule has 0 aromatic carbocycles. The van der Waals surface area contributed by atoms with Crippen LogP contribution in [0.25, 0.3) is 0 Å². The van der Waals surface area contributed by atoms with E-state index < -0.39 is 0 Å². The standard InChI is InChI=1S/C13H19N3O2/c1-15-8-11(7-14-15)12-3-2-5-16(12)13(17)10-4-6-18-9-10/h7-8,10,12H,2-6,9H2,1H3. The van der Waals surface area contributed by atoms with Gasteiger partial charge >= 0.3 is 0 Å². The van der Waals surface area contributed by atoms with Crippen molar-refractivity contribution in [2.24, 2.45) is 13.0 Å². The molecule has 5 heteroatoms. The SMILES string of the molecule is Cn1cc(C2CCCN2C(=O)C2CCOC2)cn1. The van der Waals surface area contributed by atoms with Crippen LogP contribution in [0.3, 0.4) is 0 Å². The lowest BCUT2D eigenvalue weighted by molar-refractivity contribution is -0.136. The van der Waals surface area contributed by atoms with E-state index in [9.17, 15) is 4.79 Å². The fourth-order valence-electron chi connectivity index (χ4n) is 2.95. The summed E-state index contributed by atoms with van der Waals surface area (Å²) in [6, 6.07) is 0.215. The van der Waals surface area contributed by atoms with Crippen LogP contribution in [0.4, 0.5) is 0 Å². The summed E-state index contributed by atoms with van der Waals surface area (Å²) < 4.78 is 7.12. The molecule has 0 bridgehead atoms. The zero-order valence-electron chi connectivity index (χ0n) is 10.7. The van der Waals surface area contributed by atoms with Crippen molar-refractivity contribution in [3.05, 3.63) is 18.0 Å². The Morgan fingerprint density at radius 3 is 3.06 bits per heavy atom. The number of carbonyl (C=O) groups excluding carboxylic acids is 1. The molecule has 1 aromatic heterocycles. The highest BCUT2D eigenvalue weighted by Gasteiger charge is 2.35. The minimum atomic E-state index is 0.0715. The van der Waals surface area contributed by atoms with Crippen LogP contribution in [0.2, 0.25) is 0 Å². The van der Waals surface area contributed by atoms with Gasteiger partial charge in [0.25, 0.3) is 0 Å². The Hall–Kier alpha value is -1.36. The van der Waals surface area contributed by atoms with E-state index in [1.807, 2.05) is 24.3 Å². The number of carbonyl (C=O) groups is 1. The van der Waals surface area contributed by atoms with Gasteiger partial charge in [0.05, 0.1) is 24.8 Å². The number of hydrogen-bond acceptors (Lipinski definition) is 3. The van der Waals surface area contributed by atoms with Crippen LogP contribution in [0.15, 0.2) is 12.4 Å². The van der Waals surface area contributed by atoms with Gasteiger partial charge in [-0.2, -0.15) is 5.10 Å². The van der Waals surface area contributed by atoms with Crippen LogP contribution in [0.1, 0.15) is 30.9 Å². The fourth-order valence-corrected chi connectivity index (χ4v) is 2.95. The molecule has 18 heavy (non-hydrogen) atoms. The van der Waals surface area contributed by atoms with Gasteiger partial charge < -0.3 is 9.64 Å². The molecular formula is C13H19N3O2. The Morgan fingerprint density at radius 2 is 2.39 bits per heavy atom. The number of hydrogen-bond donors (Lipinski definition) is 0. The number of nitrogens with zero attached hydrogens (tertiary/aromatic N) is 3. The zero-order valence-corrected chi connectivity index (χ0v) is 10.7. The van der Waals surface area contributed by atoms with Gasteiger partial charge in [-0.3, -0.25) is 9.48 Å². The molecule has 2 atom stereocenters. The molecule has 5 nitrogen and oxygen atoms in total. The van der Waals surface area contributed by atoms with Crippen molar-refractivity contribution in [3.63, 3.8) is 0 Å². The van der Waals surface area contributed by atoms with Gasteiger partial charge in [-0.25, -0.2) is 0 Å². The largest absolute Gasteiger partial charge is 0.381 e. The van der Waals surface area contributed by atoms with Crippen LogP contribution in [0, 0.1) is 5.92 Å². The zero-order chi connectivity index (χ0) is 12.5. The Morgan fingerprint density at radius 1 is 1.50 bits per heavy atom. The van der Waals surface area contributed by atoms with Crippen molar-refractivity contribution in [1.82, 2.24) is 14.7 Å². The molecule has 0 N–H and O–H groups in total. The molecule has 3 heterocycles. The molecule has 2 fully saturated rings. The third kappa shape index (κ3) is 2.03. The molecule has 0 saturated carbocycles. The topological polar surface area (TPSA) is 47.4 Å². The highest BCUT2D eigenvalue weighted by Crippen LogP contribution is 2.33. The van der Waals surface area contributed by atoms with Gasteiger partial charge in [0.15, 0.2) is 0 Å². The Kier molecular flexibility index (Phi) is 3.07. The highest BCUT2D eigenvalue weighted by molar-refractivity contribution is 5.80. The van der Waals surface area contributed by atoms with E-state index in [4.69, 9.17) is 4.74 Å². The van der Waals surface area contributed by atoms with Crippen molar-refractivity contribution in [3.8, 4) is 0 Å². The molecule has 2 aliphatic rings. The molecule has 0 aliphatic carbocycles. The van der Waals surface area contributed by atoms with Crippen LogP contribution < -0.4 is 0 Å². The number of rotatable bonds is 2. The number of likely N-dealkylation sites (tertiary alicyclic amines) is 1. The smallest absolute Gasteiger partial charge is 0.228 e. The van der Waals surface area contributed by atoms with E-state index in [0.29, 0.717) is 6.61 Å². The van der Waals surface area contributed by atoms with Crippen LogP contribution in [0.5, 0.6) is 0 Å². The summed E-state index contributed by atoms with van der Waals surface area (Å²) in [5.74, 6) is 0.334. The molecule has 0 spiro atoms. The van der Waals surface area contributed by atoms with Crippen molar-refractivity contribution in [2.75, 3.05) is 19.8 Å². The first kappa shape index (κ1) is 11.7. The first-order chi connectivity index (χ1) is 8.75. The lowest BCUT2D eigenvalue weighted by atomic mass is 10.0. The van der Waals surface area contributed by atoms with Gasteiger partial charge in [0.2, 0.25) is 5.91 Å². The Balaban J connectivity index is 1.76. The van der Waals surface area contributed by atoms with Gasteiger partial charge in [-0.1, -0.05) is 0 Å². The van der Waals surface area contributed by atoms with E-state index in [1.165, 1.54) is 0 Å². The number of aryl methyl sites for hydroxylation is 1. The Bertz CT molecular complexity index is 437. The maximum atomic E-state index is 12.5. The van der Waals surface area contributed by atoms with Crippen LogP contribution >= 0.6 is 0 Å². The summed E-state index contributed by atoms with van der Waals surface area (Å²) >= 11 is 0. The summed E-state index contributed by atoms with van der Waals surface area (Å²) in [7, 11) is 1.91. The quantitative estimate of drug-likeness (QED) is 0.789. The van der Waals surface area contributed by atoms with Gasteiger partial charge in [-0.05, 0) is 19.3 Å². The lowest BCUT2D eigenvalue weighted by Crippen LogP contribution is -2.35. The van der Waals surface area contributed by atoms with Crippen molar-refractivity contribution in [1.29, 1.82) is 0 Å². The first-order valence-corrected chi connectivity index (χ1v) is 6.62. The highest BCUT2D eigenvalue weighted by atomic mass is 16.5. The molecular weight excluding hydrogens is 230 g/mol. The van der Waals surface area contributed by atoms with Gasteiger partial charge in [0, 0.05) is 32.0 Å². The second-order valence-electron chi connectivity index (χ2n) is 5.20. The maximum absolute atomic E-state index is 12.5. The predicted molar refractivity (Wildman–Crippen MR) is 65.8 cm³/mol. The lowest BCUT2D eigenvalue weighted by Gasteiger charge is -2.26. The number of aromatic nitrogens is 2. The Labute approximate surface area is 107 Å². The van der Waals surface area contributed by atoms with E-state index in [1.54, 1.807) is 4.68 Å². The maximum Gasteiger partial charge on any atom is 0.228 e. The molecule has 3 rings (SSSR count). The van der Waals surface area contributed by atoms with E-state index in [-0.39, 0.29) is 17.9 Å². The minimum absolute atomic E-state index is 0.0715. The average molecular weight is 249 g/mol. The summed E-state index contributed by atoms with van der Waals surface area (Å²) in [4.78, 5) is 14.5. The number of amides is 1. The summed E-state index contributed by atoms with van der Waals surface area (Å²) in [5, 5.41) is 4.21. The minimum Gasteiger partial charge on any atom is -0.381 e. The summed E-state index contributed by atoms with van der Waals surface area (Å²) in [6.07, 6.45) is 6.89. The second kappa shape index (κ2) is 4.72. The fraction of sp³-hybridized carbons (Fsp3) is 0.692. The average Bonchev–Trinajstić information content (AvgIpc) is 3.09. The van der Waals surface area contributed by atoms with Gasteiger partial charge in [-0.15, -0.1) is 0 Å². The molecule has 2 saturated heterocycles. The van der Waals surface area contributed by atoms with E-state index in [2.05, 4.69) is 5.10 Å². The van der Waals surface area contributed by atoms with Crippen molar-refractivity contribution < 1.29 is 9.53 Å². The summed E-state index contributed by atoms with van der Waals surface area (Å²) in [5.41, 5.74) is 1.15. The first-order valence-electron chi connectivity index (χ1n) is 6.62. The molecule has 0 radical (unpaired) electrons. The normalized spacial score (nSPS) is 27.9. The molecule has 98 valence electrons. The third-order valence-corrected chi connectivity index (χ3v) is 3.92. The monoisotopic (exact) mass is 249 g/mol. The summed E-state index contributed by atoms with van der Waals surface area (Å²) in [6.45, 7) is 2.19. The predicted octanol–water partition coefficient (Wildman–Crippen LogP) is 1.12. The van der Waals surface area contributed by atoms with E-state index in [0.717, 1.165) is 38.0 Å². The molecule has 2 unspecified atom stereocenters. The van der Waals surface area contributed by atoms with Crippen LogP contribution in [-0.4, -0.2) is 40.3 Å². The van der Waals surface area contributed by atoms with Gasteiger partial charge in [0.1, 0.15) is 0 Å².